The first kappa shape index (κ1) is 19.8. The first-order valence-electron chi connectivity index (χ1n) is 11.5. The Bertz CT molecular complexity index is 926. The highest BCUT2D eigenvalue weighted by molar-refractivity contribution is 5.85. The third-order valence-electron chi connectivity index (χ3n) is 7.46. The van der Waals surface area contributed by atoms with E-state index in [0.717, 1.165) is 51.5 Å². The number of nitrogens with zero attached hydrogens (tertiary/aromatic N) is 4. The van der Waals surface area contributed by atoms with Gasteiger partial charge in [-0.15, -0.1) is 0 Å². The summed E-state index contributed by atoms with van der Waals surface area (Å²) in [6.07, 6.45) is 6.57. The maximum atomic E-state index is 13.9. The van der Waals surface area contributed by atoms with E-state index in [2.05, 4.69) is 53.0 Å². The molecule has 2 aliphatic heterocycles. The lowest BCUT2D eigenvalue weighted by molar-refractivity contribution is -0.147. The van der Waals surface area contributed by atoms with Crippen LogP contribution in [0, 0.1) is 25.2 Å². The normalized spacial score (nSPS) is 27.4. The zero-order valence-corrected chi connectivity index (χ0v) is 18.6. The Kier molecular flexibility index (Phi) is 4.97. The third-order valence-corrected chi connectivity index (χ3v) is 7.46. The number of piperidine rings is 1. The average molecular weight is 407 g/mol. The van der Waals surface area contributed by atoms with Crippen molar-refractivity contribution in [3.63, 3.8) is 0 Å². The van der Waals surface area contributed by atoms with Gasteiger partial charge in [0.05, 0.1) is 5.41 Å². The fraction of sp³-hybridized carbons (Fsp3) is 0.600. The number of benzene rings is 1. The molecular weight excluding hydrogens is 372 g/mol. The van der Waals surface area contributed by atoms with Gasteiger partial charge in [-0.3, -0.25) is 14.4 Å². The lowest BCUT2D eigenvalue weighted by Crippen LogP contribution is -2.52. The maximum Gasteiger partial charge on any atom is 0.230 e. The average Bonchev–Trinajstić information content (AvgIpc) is 3.29. The Balaban J connectivity index is 1.45. The standard InChI is InChI=1S/C25H34N4O/c1-18-11-19(2)13-21(12-18)14-28-16-22(23-7-9-26-27(23)3)25(17-28)8-4-10-29(24(25)30)15-20-5-6-20/h7,9,11-13,20,22H,4-6,8,10,14-17H2,1-3H3/t22-,25+/m0/s1. The summed E-state index contributed by atoms with van der Waals surface area (Å²) in [6.45, 7) is 8.93. The second-order valence-electron chi connectivity index (χ2n) is 10.1. The van der Waals surface area contributed by atoms with Crippen molar-refractivity contribution in [1.82, 2.24) is 19.6 Å². The Morgan fingerprint density at radius 2 is 1.93 bits per heavy atom. The van der Waals surface area contributed by atoms with Gasteiger partial charge in [0.25, 0.3) is 0 Å². The molecule has 160 valence electrons. The van der Waals surface area contributed by atoms with Crippen LogP contribution in [0.25, 0.3) is 0 Å². The number of aromatic nitrogens is 2. The predicted octanol–water partition coefficient (Wildman–Crippen LogP) is 3.66. The molecule has 0 radical (unpaired) electrons. The fourth-order valence-corrected chi connectivity index (χ4v) is 6.01. The van der Waals surface area contributed by atoms with E-state index in [1.165, 1.54) is 35.2 Å². The summed E-state index contributed by atoms with van der Waals surface area (Å²) in [4.78, 5) is 18.6. The van der Waals surface area contributed by atoms with Crippen molar-refractivity contribution in [3.8, 4) is 0 Å². The van der Waals surface area contributed by atoms with Crippen molar-refractivity contribution in [2.24, 2.45) is 18.4 Å². The number of carbonyl (C=O) groups excluding carboxylic acids is 1. The van der Waals surface area contributed by atoms with Crippen molar-refractivity contribution in [2.75, 3.05) is 26.2 Å². The van der Waals surface area contributed by atoms with Crippen molar-refractivity contribution in [2.45, 2.75) is 52.0 Å². The molecule has 30 heavy (non-hydrogen) atoms. The molecule has 0 bridgehead atoms. The largest absolute Gasteiger partial charge is 0.342 e. The molecule has 5 rings (SSSR count). The van der Waals surface area contributed by atoms with Crippen LogP contribution in [0.3, 0.4) is 0 Å². The van der Waals surface area contributed by atoms with Gasteiger partial charge in [-0.05, 0) is 57.1 Å². The van der Waals surface area contributed by atoms with Crippen LogP contribution in [-0.4, -0.2) is 51.7 Å². The summed E-state index contributed by atoms with van der Waals surface area (Å²) in [5.74, 6) is 1.35. The molecule has 3 fully saturated rings. The highest BCUT2D eigenvalue weighted by Crippen LogP contribution is 2.50. The minimum absolute atomic E-state index is 0.213. The van der Waals surface area contributed by atoms with Crippen LogP contribution >= 0.6 is 0 Å². The van der Waals surface area contributed by atoms with E-state index in [-0.39, 0.29) is 11.3 Å². The van der Waals surface area contributed by atoms with E-state index in [9.17, 15) is 4.79 Å². The molecule has 1 amide bonds. The van der Waals surface area contributed by atoms with Gasteiger partial charge in [0.2, 0.25) is 5.91 Å². The van der Waals surface area contributed by atoms with Crippen LogP contribution in [0.4, 0.5) is 0 Å². The van der Waals surface area contributed by atoms with Gasteiger partial charge in [-0.2, -0.15) is 5.10 Å². The van der Waals surface area contributed by atoms with Crippen molar-refractivity contribution < 1.29 is 4.79 Å². The molecule has 2 saturated heterocycles. The Labute approximate surface area is 180 Å². The van der Waals surface area contributed by atoms with Crippen molar-refractivity contribution in [3.05, 3.63) is 52.8 Å². The molecule has 5 nitrogen and oxygen atoms in total. The molecule has 0 N–H and O–H groups in total. The first-order valence-corrected chi connectivity index (χ1v) is 11.5. The summed E-state index contributed by atoms with van der Waals surface area (Å²) in [5, 5.41) is 4.45. The SMILES string of the molecule is Cc1cc(C)cc(CN2C[C@@H](c3ccnn3C)[C@@]3(CCCN(CC4CC4)C3=O)C2)c1. The first-order chi connectivity index (χ1) is 14.4. The minimum Gasteiger partial charge on any atom is -0.342 e. The molecule has 3 aliphatic rings. The molecule has 2 atom stereocenters. The zero-order valence-electron chi connectivity index (χ0n) is 18.6. The maximum absolute atomic E-state index is 13.9. The number of aryl methyl sites for hydroxylation is 3. The number of hydrogen-bond donors (Lipinski definition) is 0. The van der Waals surface area contributed by atoms with Gasteiger partial charge in [-0.1, -0.05) is 29.3 Å². The molecule has 1 aromatic heterocycles. The molecule has 1 saturated carbocycles. The predicted molar refractivity (Wildman–Crippen MR) is 118 cm³/mol. The number of hydrogen-bond acceptors (Lipinski definition) is 3. The molecule has 2 aromatic rings. The lowest BCUT2D eigenvalue weighted by Gasteiger charge is -2.42. The molecule has 5 heteroatoms. The smallest absolute Gasteiger partial charge is 0.230 e. The second-order valence-corrected chi connectivity index (χ2v) is 10.1. The summed E-state index contributed by atoms with van der Waals surface area (Å²) < 4.78 is 1.99. The Morgan fingerprint density at radius 1 is 1.17 bits per heavy atom. The van der Waals surface area contributed by atoms with E-state index in [4.69, 9.17) is 0 Å². The van der Waals surface area contributed by atoms with Crippen LogP contribution in [0.15, 0.2) is 30.5 Å². The summed E-state index contributed by atoms with van der Waals surface area (Å²) in [5.41, 5.74) is 4.88. The molecule has 3 heterocycles. The Hall–Kier alpha value is -2.14. The number of carbonyl (C=O) groups is 1. The summed E-state index contributed by atoms with van der Waals surface area (Å²) >= 11 is 0. The summed E-state index contributed by atoms with van der Waals surface area (Å²) in [7, 11) is 2.02. The molecule has 1 spiro atoms. The van der Waals surface area contributed by atoms with Gasteiger partial charge in [0, 0.05) is 57.6 Å². The van der Waals surface area contributed by atoms with E-state index < -0.39 is 0 Å². The van der Waals surface area contributed by atoms with Crippen LogP contribution in [0.2, 0.25) is 0 Å². The van der Waals surface area contributed by atoms with E-state index in [1.54, 1.807) is 0 Å². The fourth-order valence-electron chi connectivity index (χ4n) is 6.01. The summed E-state index contributed by atoms with van der Waals surface area (Å²) in [6, 6.07) is 8.94. The van der Waals surface area contributed by atoms with Gasteiger partial charge in [0.15, 0.2) is 0 Å². The van der Waals surface area contributed by atoms with E-state index >= 15 is 0 Å². The van der Waals surface area contributed by atoms with Crippen LogP contribution in [0.1, 0.15) is 54.0 Å². The molecule has 0 unspecified atom stereocenters. The topological polar surface area (TPSA) is 41.4 Å². The number of amides is 1. The highest BCUT2D eigenvalue weighted by Gasteiger charge is 2.56. The van der Waals surface area contributed by atoms with Crippen molar-refractivity contribution >= 4 is 5.91 Å². The Morgan fingerprint density at radius 3 is 2.60 bits per heavy atom. The van der Waals surface area contributed by atoms with Crippen molar-refractivity contribution in [1.29, 1.82) is 0 Å². The van der Waals surface area contributed by atoms with Gasteiger partial charge in [-0.25, -0.2) is 0 Å². The van der Waals surface area contributed by atoms with Crippen LogP contribution in [0.5, 0.6) is 0 Å². The monoisotopic (exact) mass is 406 g/mol. The van der Waals surface area contributed by atoms with Crippen LogP contribution < -0.4 is 0 Å². The molecule has 1 aromatic carbocycles. The van der Waals surface area contributed by atoms with Gasteiger partial charge < -0.3 is 4.90 Å². The zero-order chi connectivity index (χ0) is 20.9. The number of rotatable bonds is 5. The third kappa shape index (κ3) is 3.58. The quantitative estimate of drug-likeness (QED) is 0.761. The van der Waals surface area contributed by atoms with E-state index in [1.807, 2.05) is 17.9 Å². The van der Waals surface area contributed by atoms with Crippen LogP contribution in [-0.2, 0) is 18.4 Å². The lowest BCUT2D eigenvalue weighted by atomic mass is 9.70. The van der Waals surface area contributed by atoms with Gasteiger partial charge >= 0.3 is 0 Å². The second kappa shape index (κ2) is 7.52. The molecular formula is C25H34N4O. The van der Waals surface area contributed by atoms with Gasteiger partial charge in [0.1, 0.15) is 0 Å². The van der Waals surface area contributed by atoms with E-state index in [0.29, 0.717) is 5.91 Å². The minimum atomic E-state index is -0.306. The highest BCUT2D eigenvalue weighted by atomic mass is 16.2. The number of likely N-dealkylation sites (tertiary alicyclic amines) is 2. The molecule has 1 aliphatic carbocycles.